The Bertz CT molecular complexity index is 536. The molecule has 0 aromatic carbocycles. The molecule has 0 bridgehead atoms. The highest BCUT2D eigenvalue weighted by atomic mass is 15.1. The van der Waals surface area contributed by atoms with Gasteiger partial charge in [-0.1, -0.05) is 13.3 Å². The SMILES string of the molecule is CCCCNc1ncc(-c2ccc(C)nn2)c(C)n1. The fourth-order valence-electron chi connectivity index (χ4n) is 1.72. The van der Waals surface area contributed by atoms with Crippen molar-refractivity contribution in [2.24, 2.45) is 0 Å². The van der Waals surface area contributed by atoms with E-state index in [2.05, 4.69) is 32.4 Å². The topological polar surface area (TPSA) is 63.6 Å². The fourth-order valence-corrected chi connectivity index (χ4v) is 1.72. The highest BCUT2D eigenvalue weighted by Crippen LogP contribution is 2.19. The molecule has 0 amide bonds. The van der Waals surface area contributed by atoms with Crippen LogP contribution in [0.15, 0.2) is 18.3 Å². The van der Waals surface area contributed by atoms with Crippen LogP contribution in [-0.2, 0) is 0 Å². The zero-order chi connectivity index (χ0) is 13.7. The second-order valence-corrected chi connectivity index (χ2v) is 4.53. The summed E-state index contributed by atoms with van der Waals surface area (Å²) in [5, 5.41) is 11.4. The highest BCUT2D eigenvalue weighted by Gasteiger charge is 2.07. The summed E-state index contributed by atoms with van der Waals surface area (Å²) in [7, 11) is 0. The van der Waals surface area contributed by atoms with Gasteiger partial charge in [0.15, 0.2) is 0 Å². The van der Waals surface area contributed by atoms with Gasteiger partial charge in [0, 0.05) is 18.3 Å². The van der Waals surface area contributed by atoms with Crippen LogP contribution in [0.25, 0.3) is 11.3 Å². The smallest absolute Gasteiger partial charge is 0.222 e. The van der Waals surface area contributed by atoms with Crippen molar-refractivity contribution in [3.8, 4) is 11.3 Å². The predicted molar refractivity (Wildman–Crippen MR) is 75.9 cm³/mol. The van der Waals surface area contributed by atoms with Crippen molar-refractivity contribution in [2.45, 2.75) is 33.6 Å². The minimum absolute atomic E-state index is 0.676. The highest BCUT2D eigenvalue weighted by molar-refractivity contribution is 5.60. The van der Waals surface area contributed by atoms with E-state index in [0.29, 0.717) is 5.95 Å². The Kier molecular flexibility index (Phi) is 4.39. The Morgan fingerprint density at radius 1 is 1.16 bits per heavy atom. The van der Waals surface area contributed by atoms with Crippen molar-refractivity contribution < 1.29 is 0 Å². The molecule has 1 N–H and O–H groups in total. The lowest BCUT2D eigenvalue weighted by Crippen LogP contribution is -2.06. The number of unbranched alkanes of at least 4 members (excludes halogenated alkanes) is 1. The Hall–Kier alpha value is -2.04. The zero-order valence-corrected chi connectivity index (χ0v) is 11.6. The molecular weight excluding hydrogens is 238 g/mol. The average Bonchev–Trinajstić information content (AvgIpc) is 2.41. The first-order chi connectivity index (χ1) is 9.20. The van der Waals surface area contributed by atoms with Gasteiger partial charge in [-0.2, -0.15) is 10.2 Å². The predicted octanol–water partition coefficient (Wildman–Crippen LogP) is 2.76. The first-order valence-corrected chi connectivity index (χ1v) is 6.59. The number of hydrogen-bond acceptors (Lipinski definition) is 5. The van der Waals surface area contributed by atoms with Gasteiger partial charge in [-0.25, -0.2) is 9.97 Å². The Balaban J connectivity index is 2.17. The molecule has 0 unspecified atom stereocenters. The molecule has 0 aliphatic rings. The number of nitrogens with one attached hydrogen (secondary N) is 1. The Labute approximate surface area is 113 Å². The van der Waals surface area contributed by atoms with Gasteiger partial charge in [-0.15, -0.1) is 0 Å². The van der Waals surface area contributed by atoms with Crippen LogP contribution in [-0.4, -0.2) is 26.7 Å². The molecule has 100 valence electrons. The largest absolute Gasteiger partial charge is 0.354 e. The number of aromatic nitrogens is 4. The van der Waals surface area contributed by atoms with Gasteiger partial charge in [0.1, 0.15) is 0 Å². The summed E-state index contributed by atoms with van der Waals surface area (Å²) >= 11 is 0. The molecule has 0 radical (unpaired) electrons. The van der Waals surface area contributed by atoms with E-state index in [9.17, 15) is 0 Å². The third-order valence-corrected chi connectivity index (χ3v) is 2.87. The molecule has 0 aliphatic heterocycles. The molecule has 0 saturated carbocycles. The fraction of sp³-hybridized carbons (Fsp3) is 0.429. The lowest BCUT2D eigenvalue weighted by atomic mass is 10.1. The normalized spacial score (nSPS) is 10.5. The van der Waals surface area contributed by atoms with Crippen molar-refractivity contribution in [3.63, 3.8) is 0 Å². The van der Waals surface area contributed by atoms with E-state index in [4.69, 9.17) is 0 Å². The molecule has 5 heteroatoms. The monoisotopic (exact) mass is 257 g/mol. The Morgan fingerprint density at radius 2 is 2.00 bits per heavy atom. The summed E-state index contributed by atoms with van der Waals surface area (Å²) in [4.78, 5) is 8.77. The number of hydrogen-bond donors (Lipinski definition) is 1. The molecule has 0 fully saturated rings. The van der Waals surface area contributed by atoms with Crippen LogP contribution < -0.4 is 5.32 Å². The zero-order valence-electron chi connectivity index (χ0n) is 11.6. The maximum atomic E-state index is 4.45. The maximum Gasteiger partial charge on any atom is 0.222 e. The second-order valence-electron chi connectivity index (χ2n) is 4.53. The number of rotatable bonds is 5. The van der Waals surface area contributed by atoms with E-state index in [1.807, 2.05) is 26.0 Å². The van der Waals surface area contributed by atoms with Crippen LogP contribution in [0.5, 0.6) is 0 Å². The first kappa shape index (κ1) is 13.4. The van der Waals surface area contributed by atoms with Crippen molar-refractivity contribution >= 4 is 5.95 Å². The molecular formula is C14H19N5. The van der Waals surface area contributed by atoms with E-state index >= 15 is 0 Å². The summed E-state index contributed by atoms with van der Waals surface area (Å²) in [6, 6.07) is 3.88. The van der Waals surface area contributed by atoms with E-state index in [1.165, 1.54) is 0 Å². The molecule has 2 rings (SSSR count). The lowest BCUT2D eigenvalue weighted by molar-refractivity contribution is 0.825. The molecule has 2 aromatic heterocycles. The van der Waals surface area contributed by atoms with Gasteiger partial charge in [0.2, 0.25) is 5.95 Å². The van der Waals surface area contributed by atoms with Gasteiger partial charge >= 0.3 is 0 Å². The van der Waals surface area contributed by atoms with Gasteiger partial charge in [0.25, 0.3) is 0 Å². The molecule has 2 heterocycles. The van der Waals surface area contributed by atoms with Crippen molar-refractivity contribution in [2.75, 3.05) is 11.9 Å². The summed E-state index contributed by atoms with van der Waals surface area (Å²) in [6.07, 6.45) is 4.08. The van der Waals surface area contributed by atoms with E-state index in [-0.39, 0.29) is 0 Å². The molecule has 5 nitrogen and oxygen atoms in total. The van der Waals surface area contributed by atoms with E-state index in [1.54, 1.807) is 6.20 Å². The van der Waals surface area contributed by atoms with E-state index < -0.39 is 0 Å². The minimum Gasteiger partial charge on any atom is -0.354 e. The molecule has 0 aliphatic carbocycles. The number of anilines is 1. The molecule has 0 saturated heterocycles. The van der Waals surface area contributed by atoms with Crippen LogP contribution >= 0.6 is 0 Å². The second kappa shape index (κ2) is 6.22. The summed E-state index contributed by atoms with van der Waals surface area (Å²) in [6.45, 7) is 6.94. The standard InChI is InChI=1S/C14H19N5/c1-4-5-8-15-14-16-9-12(11(3)17-14)13-7-6-10(2)18-19-13/h6-7,9H,4-5,8H2,1-3H3,(H,15,16,17). The van der Waals surface area contributed by atoms with E-state index in [0.717, 1.165) is 42.0 Å². The Morgan fingerprint density at radius 3 is 2.63 bits per heavy atom. The molecule has 2 aromatic rings. The van der Waals surface area contributed by atoms with Crippen LogP contribution in [0.1, 0.15) is 31.2 Å². The van der Waals surface area contributed by atoms with Crippen LogP contribution in [0.3, 0.4) is 0 Å². The summed E-state index contributed by atoms with van der Waals surface area (Å²) in [5.41, 5.74) is 3.55. The van der Waals surface area contributed by atoms with Gasteiger partial charge < -0.3 is 5.32 Å². The van der Waals surface area contributed by atoms with Gasteiger partial charge in [0.05, 0.1) is 17.1 Å². The maximum absolute atomic E-state index is 4.45. The van der Waals surface area contributed by atoms with Crippen molar-refractivity contribution in [3.05, 3.63) is 29.7 Å². The van der Waals surface area contributed by atoms with Crippen molar-refractivity contribution in [1.29, 1.82) is 0 Å². The molecule has 19 heavy (non-hydrogen) atoms. The average molecular weight is 257 g/mol. The van der Waals surface area contributed by atoms with Gasteiger partial charge in [-0.3, -0.25) is 0 Å². The summed E-state index contributed by atoms with van der Waals surface area (Å²) < 4.78 is 0. The molecule has 0 atom stereocenters. The quantitative estimate of drug-likeness (QED) is 0.834. The van der Waals surface area contributed by atoms with Crippen molar-refractivity contribution in [1.82, 2.24) is 20.2 Å². The van der Waals surface area contributed by atoms with Crippen LogP contribution in [0.2, 0.25) is 0 Å². The minimum atomic E-state index is 0.676. The first-order valence-electron chi connectivity index (χ1n) is 6.59. The van der Waals surface area contributed by atoms with Crippen LogP contribution in [0, 0.1) is 13.8 Å². The third kappa shape index (κ3) is 3.47. The lowest BCUT2D eigenvalue weighted by Gasteiger charge is -2.07. The van der Waals surface area contributed by atoms with Gasteiger partial charge in [-0.05, 0) is 32.4 Å². The number of nitrogens with zero attached hydrogens (tertiary/aromatic N) is 4. The molecule has 0 spiro atoms. The third-order valence-electron chi connectivity index (χ3n) is 2.87. The number of aryl methyl sites for hydroxylation is 2. The van der Waals surface area contributed by atoms with Crippen LogP contribution in [0.4, 0.5) is 5.95 Å². The summed E-state index contributed by atoms with van der Waals surface area (Å²) in [5.74, 6) is 0.676.